The number of esters is 1. The highest BCUT2D eigenvalue weighted by Crippen LogP contribution is 2.34. The number of phenols is 1. The van der Waals surface area contributed by atoms with Gasteiger partial charge in [0.25, 0.3) is 0 Å². The number of hydrogen-bond donors (Lipinski definition) is 1. The lowest BCUT2D eigenvalue weighted by atomic mass is 10.00. The molecular formula is C21H24N2O4. The summed E-state index contributed by atoms with van der Waals surface area (Å²) in [5.74, 6) is -0.608. The quantitative estimate of drug-likeness (QED) is 0.483. The van der Waals surface area contributed by atoms with Gasteiger partial charge in [-0.15, -0.1) is 0 Å². The summed E-state index contributed by atoms with van der Waals surface area (Å²) in [4.78, 5) is 24.2. The van der Waals surface area contributed by atoms with Gasteiger partial charge in [-0.3, -0.25) is 9.48 Å². The summed E-state index contributed by atoms with van der Waals surface area (Å²) < 4.78 is 7.44. The van der Waals surface area contributed by atoms with Crippen LogP contribution < -0.4 is 4.74 Å². The molecule has 6 nitrogen and oxygen atoms in total. The monoisotopic (exact) mass is 368 g/mol. The molecule has 0 fully saturated rings. The Bertz CT molecular complexity index is 880. The van der Waals surface area contributed by atoms with Crippen LogP contribution in [0.25, 0.3) is 5.57 Å². The third kappa shape index (κ3) is 3.94. The molecule has 0 spiro atoms. The fraction of sp³-hybridized carbons (Fsp3) is 0.381. The van der Waals surface area contributed by atoms with Gasteiger partial charge in [-0.25, -0.2) is 4.79 Å². The van der Waals surface area contributed by atoms with Crippen LogP contribution in [0, 0.1) is 0 Å². The second kappa shape index (κ2) is 8.20. The van der Waals surface area contributed by atoms with E-state index in [2.05, 4.69) is 18.9 Å². The predicted molar refractivity (Wildman–Crippen MR) is 102 cm³/mol. The Kier molecular flexibility index (Phi) is 5.74. The van der Waals surface area contributed by atoms with Gasteiger partial charge < -0.3 is 9.84 Å². The molecule has 6 heteroatoms. The van der Waals surface area contributed by atoms with Crippen molar-refractivity contribution in [1.82, 2.24) is 9.78 Å². The van der Waals surface area contributed by atoms with Crippen molar-refractivity contribution < 1.29 is 19.4 Å². The number of phenolic OH excluding ortho intramolecular Hbond substituents is 1. The van der Waals surface area contributed by atoms with Gasteiger partial charge in [-0.2, -0.15) is 5.10 Å². The molecule has 3 rings (SSSR count). The standard InChI is InChI=1S/C21H24N2O4/c1-14(2)23-18(11-12-22-23)15-7-4-3-5-8-16(15)21(26)27-20-10-6-9-19(25)17(20)13-24/h6,9-14,25H,3-5,7-8H2,1-2H3. The highest BCUT2D eigenvalue weighted by molar-refractivity contribution is 5.99. The minimum Gasteiger partial charge on any atom is -0.507 e. The fourth-order valence-corrected chi connectivity index (χ4v) is 3.46. The topological polar surface area (TPSA) is 81.4 Å². The molecule has 0 saturated carbocycles. The number of aromatic nitrogens is 2. The summed E-state index contributed by atoms with van der Waals surface area (Å²) >= 11 is 0. The maximum Gasteiger partial charge on any atom is 0.339 e. The van der Waals surface area contributed by atoms with E-state index in [1.54, 1.807) is 12.3 Å². The van der Waals surface area contributed by atoms with Crippen molar-refractivity contribution in [3.8, 4) is 11.5 Å². The summed E-state index contributed by atoms with van der Waals surface area (Å²) in [5.41, 5.74) is 2.49. The molecule has 1 aromatic heterocycles. The first-order valence-electron chi connectivity index (χ1n) is 9.28. The molecule has 0 aliphatic heterocycles. The first-order chi connectivity index (χ1) is 13.0. The number of rotatable bonds is 5. The first kappa shape index (κ1) is 18.9. The lowest BCUT2D eigenvalue weighted by Gasteiger charge is -2.16. The van der Waals surface area contributed by atoms with Crippen LogP contribution in [-0.4, -0.2) is 27.1 Å². The fourth-order valence-electron chi connectivity index (χ4n) is 3.46. The number of aromatic hydroxyl groups is 1. The lowest BCUT2D eigenvalue weighted by Crippen LogP contribution is -2.16. The molecule has 2 aromatic rings. The molecular weight excluding hydrogens is 344 g/mol. The zero-order valence-corrected chi connectivity index (χ0v) is 15.6. The van der Waals surface area contributed by atoms with Crippen molar-refractivity contribution in [3.05, 3.63) is 47.3 Å². The van der Waals surface area contributed by atoms with Crippen molar-refractivity contribution in [2.45, 2.75) is 52.0 Å². The lowest BCUT2D eigenvalue weighted by molar-refractivity contribution is -0.130. The minimum absolute atomic E-state index is 0.0196. The Labute approximate surface area is 158 Å². The summed E-state index contributed by atoms with van der Waals surface area (Å²) in [6.07, 6.45) is 6.59. The third-order valence-corrected chi connectivity index (χ3v) is 4.80. The molecule has 1 aliphatic carbocycles. The molecule has 0 saturated heterocycles. The van der Waals surface area contributed by atoms with Crippen molar-refractivity contribution in [1.29, 1.82) is 0 Å². The highest BCUT2D eigenvalue weighted by atomic mass is 16.5. The Morgan fingerprint density at radius 1 is 1.22 bits per heavy atom. The van der Waals surface area contributed by atoms with E-state index in [-0.39, 0.29) is 23.1 Å². The zero-order valence-electron chi connectivity index (χ0n) is 15.6. The number of carbonyl (C=O) groups excluding carboxylic acids is 2. The molecule has 0 unspecified atom stereocenters. The maximum absolute atomic E-state index is 13.0. The van der Waals surface area contributed by atoms with E-state index < -0.39 is 5.97 Å². The van der Waals surface area contributed by atoms with Crippen LogP contribution in [0.15, 0.2) is 36.0 Å². The average molecular weight is 368 g/mol. The molecule has 1 aliphatic rings. The normalized spacial score (nSPS) is 14.9. The summed E-state index contributed by atoms with van der Waals surface area (Å²) in [6, 6.07) is 6.55. The number of aldehydes is 1. The number of allylic oxidation sites excluding steroid dienone is 1. The summed E-state index contributed by atoms with van der Waals surface area (Å²) in [5, 5.41) is 14.2. The van der Waals surface area contributed by atoms with E-state index in [0.717, 1.165) is 37.0 Å². The van der Waals surface area contributed by atoms with Gasteiger partial charge in [0.15, 0.2) is 6.29 Å². The molecule has 0 bridgehead atoms. The second-order valence-electron chi connectivity index (χ2n) is 6.97. The van der Waals surface area contributed by atoms with Gasteiger partial charge in [-0.05, 0) is 63.3 Å². The van der Waals surface area contributed by atoms with Gasteiger partial charge in [0.2, 0.25) is 0 Å². The zero-order chi connectivity index (χ0) is 19.4. The Hall–Kier alpha value is -2.89. The Balaban J connectivity index is 2.01. The van der Waals surface area contributed by atoms with Crippen LogP contribution in [-0.2, 0) is 4.79 Å². The van der Waals surface area contributed by atoms with Crippen molar-refractivity contribution in [2.75, 3.05) is 0 Å². The van der Waals surface area contributed by atoms with E-state index in [9.17, 15) is 14.7 Å². The molecule has 1 heterocycles. The van der Waals surface area contributed by atoms with E-state index in [0.29, 0.717) is 18.3 Å². The Morgan fingerprint density at radius 2 is 2.00 bits per heavy atom. The van der Waals surface area contributed by atoms with Gasteiger partial charge in [-0.1, -0.05) is 12.5 Å². The molecule has 0 amide bonds. The minimum atomic E-state index is -0.475. The molecule has 27 heavy (non-hydrogen) atoms. The van der Waals surface area contributed by atoms with Crippen LogP contribution in [0.4, 0.5) is 0 Å². The SMILES string of the molecule is CC(C)n1nccc1C1=C(C(=O)Oc2cccc(O)c2C=O)CCCCC1. The van der Waals surface area contributed by atoms with Crippen molar-refractivity contribution in [3.63, 3.8) is 0 Å². The Morgan fingerprint density at radius 3 is 2.74 bits per heavy atom. The highest BCUT2D eigenvalue weighted by Gasteiger charge is 2.24. The smallest absolute Gasteiger partial charge is 0.339 e. The van der Waals surface area contributed by atoms with E-state index in [1.807, 2.05) is 10.7 Å². The number of benzene rings is 1. The molecule has 0 radical (unpaired) electrons. The van der Waals surface area contributed by atoms with Gasteiger partial charge >= 0.3 is 5.97 Å². The number of hydrogen-bond acceptors (Lipinski definition) is 5. The van der Waals surface area contributed by atoms with Gasteiger partial charge in [0.05, 0.1) is 11.3 Å². The van der Waals surface area contributed by atoms with E-state index in [1.165, 1.54) is 12.1 Å². The van der Waals surface area contributed by atoms with Crippen molar-refractivity contribution in [2.24, 2.45) is 0 Å². The first-order valence-corrected chi connectivity index (χ1v) is 9.28. The molecule has 1 aromatic carbocycles. The number of ether oxygens (including phenoxy) is 1. The predicted octanol–water partition coefficient (Wildman–Crippen LogP) is 4.31. The maximum atomic E-state index is 13.0. The van der Waals surface area contributed by atoms with Gasteiger partial charge in [0, 0.05) is 17.8 Å². The largest absolute Gasteiger partial charge is 0.507 e. The van der Waals surface area contributed by atoms with Gasteiger partial charge in [0.1, 0.15) is 11.5 Å². The molecule has 1 N–H and O–H groups in total. The third-order valence-electron chi connectivity index (χ3n) is 4.80. The number of nitrogens with zero attached hydrogens (tertiary/aromatic N) is 2. The van der Waals surface area contributed by atoms with E-state index in [4.69, 9.17) is 4.74 Å². The average Bonchev–Trinajstić information content (AvgIpc) is 3.00. The van der Waals surface area contributed by atoms with Crippen LogP contribution >= 0.6 is 0 Å². The second-order valence-corrected chi connectivity index (χ2v) is 6.97. The van der Waals surface area contributed by atoms with Crippen molar-refractivity contribution >= 4 is 17.8 Å². The molecule has 142 valence electrons. The number of carbonyl (C=O) groups is 2. The summed E-state index contributed by atoms with van der Waals surface area (Å²) in [6.45, 7) is 4.10. The van der Waals surface area contributed by atoms with E-state index >= 15 is 0 Å². The van der Waals surface area contributed by atoms with Crippen LogP contribution in [0.2, 0.25) is 0 Å². The van der Waals surface area contributed by atoms with Crippen LogP contribution in [0.5, 0.6) is 11.5 Å². The summed E-state index contributed by atoms with van der Waals surface area (Å²) in [7, 11) is 0. The van der Waals surface area contributed by atoms with Crippen LogP contribution in [0.1, 0.15) is 68.0 Å². The van der Waals surface area contributed by atoms with Crippen LogP contribution in [0.3, 0.4) is 0 Å². The molecule has 0 atom stereocenters.